The van der Waals surface area contributed by atoms with E-state index >= 15 is 0 Å². The summed E-state index contributed by atoms with van der Waals surface area (Å²) in [6.45, 7) is 6.71. The third-order valence-corrected chi connectivity index (χ3v) is 6.79. The number of benzene rings is 1. The van der Waals surface area contributed by atoms with Crippen molar-refractivity contribution in [1.29, 1.82) is 0 Å². The summed E-state index contributed by atoms with van der Waals surface area (Å²) in [5.74, 6) is 1.84. The minimum atomic E-state index is -0.213. The average molecular weight is 500 g/mol. The van der Waals surface area contributed by atoms with Gasteiger partial charge in [0, 0.05) is 30.3 Å². The van der Waals surface area contributed by atoms with Gasteiger partial charge in [0.1, 0.15) is 11.6 Å². The molecule has 0 spiro atoms. The van der Waals surface area contributed by atoms with Crippen LogP contribution in [0.4, 0.5) is 11.8 Å². The molecule has 0 saturated carbocycles. The van der Waals surface area contributed by atoms with Crippen molar-refractivity contribution in [3.63, 3.8) is 0 Å². The van der Waals surface area contributed by atoms with E-state index in [4.69, 9.17) is 20.3 Å². The molecule has 1 atom stereocenters. The highest BCUT2D eigenvalue weighted by molar-refractivity contribution is 5.73. The molecule has 0 amide bonds. The molecular formula is C27H41N5O4. The molecule has 1 aliphatic rings. The molecule has 0 bridgehead atoms. The number of aryl methyl sites for hydroxylation is 1. The Balaban J connectivity index is 1.67. The van der Waals surface area contributed by atoms with Crippen LogP contribution in [0.15, 0.2) is 18.2 Å². The lowest BCUT2D eigenvalue weighted by Crippen LogP contribution is -2.32. The third kappa shape index (κ3) is 8.06. The normalized spacial score (nSPS) is 15.5. The molecule has 4 N–H and O–H groups in total. The fourth-order valence-corrected chi connectivity index (χ4v) is 4.54. The van der Waals surface area contributed by atoms with Crippen molar-refractivity contribution < 1.29 is 19.4 Å². The van der Waals surface area contributed by atoms with Crippen molar-refractivity contribution in [2.75, 3.05) is 51.5 Å². The zero-order valence-electron chi connectivity index (χ0n) is 22.0. The van der Waals surface area contributed by atoms with Crippen LogP contribution in [-0.4, -0.2) is 72.4 Å². The standard InChI is InChI=1S/C27H41N5O4/c1-18(6-5-13-33)29-26-23(19(2)30-27(28)31-26)16-22-8-7-21(14-24(22)35-4)15-25(34)36-17-20-9-11-32(3)12-10-20/h7-8,14,18,20,33H,5-6,9-13,15-17H2,1-4H3,(H3,28,29,30,31). The van der Waals surface area contributed by atoms with Crippen LogP contribution >= 0.6 is 0 Å². The highest BCUT2D eigenvalue weighted by Crippen LogP contribution is 2.28. The van der Waals surface area contributed by atoms with Crippen molar-refractivity contribution in [2.24, 2.45) is 5.92 Å². The Morgan fingerprint density at radius 3 is 2.75 bits per heavy atom. The minimum Gasteiger partial charge on any atom is -0.496 e. The van der Waals surface area contributed by atoms with Crippen molar-refractivity contribution >= 4 is 17.7 Å². The summed E-state index contributed by atoms with van der Waals surface area (Å²) < 4.78 is 11.2. The van der Waals surface area contributed by atoms with E-state index in [2.05, 4.69) is 27.2 Å². The van der Waals surface area contributed by atoms with E-state index in [1.54, 1.807) is 7.11 Å². The SMILES string of the molecule is COc1cc(CC(=O)OCC2CCN(C)CC2)ccc1Cc1c(C)nc(N)nc1NC(C)CCCO. The summed E-state index contributed by atoms with van der Waals surface area (Å²) in [5, 5.41) is 12.6. The van der Waals surface area contributed by atoms with E-state index in [1.807, 2.05) is 32.0 Å². The number of nitrogens with two attached hydrogens (primary N) is 1. The predicted octanol–water partition coefficient (Wildman–Crippen LogP) is 2.97. The second-order valence-electron chi connectivity index (χ2n) is 9.84. The largest absolute Gasteiger partial charge is 0.496 e. The number of methoxy groups -OCH3 is 1. The van der Waals surface area contributed by atoms with E-state index in [-0.39, 0.29) is 31.0 Å². The van der Waals surface area contributed by atoms with Gasteiger partial charge >= 0.3 is 5.97 Å². The first-order valence-corrected chi connectivity index (χ1v) is 12.8. The molecule has 1 aliphatic heterocycles. The van der Waals surface area contributed by atoms with Gasteiger partial charge in [-0.2, -0.15) is 4.98 Å². The van der Waals surface area contributed by atoms with Gasteiger partial charge in [0.15, 0.2) is 0 Å². The van der Waals surface area contributed by atoms with E-state index in [0.29, 0.717) is 36.9 Å². The molecule has 1 aromatic heterocycles. The molecule has 1 fully saturated rings. The van der Waals surface area contributed by atoms with E-state index in [9.17, 15) is 4.79 Å². The average Bonchev–Trinajstić information content (AvgIpc) is 2.85. The molecule has 0 aliphatic carbocycles. The maximum atomic E-state index is 12.5. The Bertz CT molecular complexity index is 1010. The minimum absolute atomic E-state index is 0.120. The number of carbonyl (C=O) groups is 1. The number of likely N-dealkylation sites (tertiary alicyclic amines) is 1. The van der Waals surface area contributed by atoms with Crippen LogP contribution in [0.25, 0.3) is 0 Å². The van der Waals surface area contributed by atoms with Gasteiger partial charge in [-0.25, -0.2) is 4.98 Å². The Kier molecular flexibility index (Phi) is 10.3. The fourth-order valence-electron chi connectivity index (χ4n) is 4.54. The first-order valence-electron chi connectivity index (χ1n) is 12.8. The van der Waals surface area contributed by atoms with Crippen molar-refractivity contribution in [1.82, 2.24) is 14.9 Å². The number of rotatable bonds is 12. The van der Waals surface area contributed by atoms with Crippen LogP contribution < -0.4 is 15.8 Å². The monoisotopic (exact) mass is 499 g/mol. The molecule has 9 nitrogen and oxygen atoms in total. The molecule has 2 aromatic rings. The predicted molar refractivity (Wildman–Crippen MR) is 141 cm³/mol. The molecule has 0 radical (unpaired) electrons. The highest BCUT2D eigenvalue weighted by Gasteiger charge is 2.19. The number of ether oxygens (including phenoxy) is 2. The number of anilines is 2. The third-order valence-electron chi connectivity index (χ3n) is 6.79. The zero-order valence-corrected chi connectivity index (χ0v) is 22.0. The van der Waals surface area contributed by atoms with Gasteiger partial charge in [-0.3, -0.25) is 4.79 Å². The molecular weight excluding hydrogens is 458 g/mol. The van der Waals surface area contributed by atoms with E-state index in [0.717, 1.165) is 54.7 Å². The molecule has 2 heterocycles. The van der Waals surface area contributed by atoms with E-state index < -0.39 is 0 Å². The number of aliphatic hydroxyl groups is 1. The number of nitrogen functional groups attached to an aromatic ring is 1. The first kappa shape index (κ1) is 27.7. The number of aliphatic hydroxyl groups excluding tert-OH is 1. The summed E-state index contributed by atoms with van der Waals surface area (Å²) in [7, 11) is 3.75. The maximum absolute atomic E-state index is 12.5. The number of nitrogens with zero attached hydrogens (tertiary/aromatic N) is 3. The number of aromatic nitrogens is 2. The van der Waals surface area contributed by atoms with E-state index in [1.165, 1.54) is 0 Å². The molecule has 9 heteroatoms. The number of hydrogen-bond acceptors (Lipinski definition) is 9. The Morgan fingerprint density at radius 2 is 2.06 bits per heavy atom. The molecule has 36 heavy (non-hydrogen) atoms. The Morgan fingerprint density at radius 1 is 1.31 bits per heavy atom. The molecule has 1 aromatic carbocycles. The second kappa shape index (κ2) is 13.4. The first-order chi connectivity index (χ1) is 17.3. The molecule has 198 valence electrons. The summed E-state index contributed by atoms with van der Waals surface area (Å²) in [5.41, 5.74) is 9.47. The number of esters is 1. The number of carbonyl (C=O) groups excluding carboxylic acids is 1. The van der Waals surface area contributed by atoms with Crippen molar-refractivity contribution in [3.05, 3.63) is 40.6 Å². The summed E-state index contributed by atoms with van der Waals surface area (Å²) in [6, 6.07) is 5.94. The topological polar surface area (TPSA) is 123 Å². The van der Waals surface area contributed by atoms with Crippen LogP contribution in [0.1, 0.15) is 55.0 Å². The van der Waals surface area contributed by atoms with Gasteiger partial charge in [-0.1, -0.05) is 12.1 Å². The lowest BCUT2D eigenvalue weighted by atomic mass is 9.98. The van der Waals surface area contributed by atoms with Gasteiger partial charge in [0.25, 0.3) is 0 Å². The number of hydrogen-bond donors (Lipinski definition) is 3. The van der Waals surface area contributed by atoms with Crippen LogP contribution in [0.3, 0.4) is 0 Å². The molecule has 3 rings (SSSR count). The van der Waals surface area contributed by atoms with Crippen molar-refractivity contribution in [2.45, 2.75) is 58.4 Å². The van der Waals surface area contributed by atoms with Crippen LogP contribution in [0, 0.1) is 12.8 Å². The van der Waals surface area contributed by atoms with Gasteiger partial charge in [-0.05, 0) is 82.8 Å². The zero-order chi connectivity index (χ0) is 26.1. The quantitative estimate of drug-likeness (QED) is 0.378. The fraction of sp³-hybridized carbons (Fsp3) is 0.593. The lowest BCUT2D eigenvalue weighted by molar-refractivity contribution is -0.144. The van der Waals surface area contributed by atoms with Gasteiger partial charge in [0.2, 0.25) is 5.95 Å². The Hall–Kier alpha value is -2.91. The molecule has 1 unspecified atom stereocenters. The van der Waals surface area contributed by atoms with Crippen molar-refractivity contribution in [3.8, 4) is 5.75 Å². The van der Waals surface area contributed by atoms with Gasteiger partial charge < -0.3 is 30.5 Å². The highest BCUT2D eigenvalue weighted by atomic mass is 16.5. The lowest BCUT2D eigenvalue weighted by Gasteiger charge is -2.28. The maximum Gasteiger partial charge on any atom is 0.310 e. The summed E-state index contributed by atoms with van der Waals surface area (Å²) in [4.78, 5) is 23.6. The summed E-state index contributed by atoms with van der Waals surface area (Å²) >= 11 is 0. The second-order valence-corrected chi connectivity index (χ2v) is 9.84. The molecule has 1 saturated heterocycles. The van der Waals surface area contributed by atoms with Gasteiger partial charge in [-0.15, -0.1) is 0 Å². The van der Waals surface area contributed by atoms with Crippen LogP contribution in [-0.2, 0) is 22.4 Å². The van der Waals surface area contributed by atoms with Gasteiger partial charge in [0.05, 0.1) is 20.1 Å². The number of nitrogens with one attached hydrogen (secondary N) is 1. The van der Waals surface area contributed by atoms with Crippen LogP contribution in [0.2, 0.25) is 0 Å². The van der Waals surface area contributed by atoms with Crippen LogP contribution in [0.5, 0.6) is 5.75 Å². The Labute approximate surface area is 214 Å². The summed E-state index contributed by atoms with van der Waals surface area (Å²) in [6.07, 6.45) is 4.41. The number of piperidine rings is 1. The smallest absolute Gasteiger partial charge is 0.310 e.